The maximum absolute atomic E-state index is 11.3. The molecule has 0 radical (unpaired) electrons. The summed E-state index contributed by atoms with van der Waals surface area (Å²) in [6.45, 7) is 7.96. The topological polar surface area (TPSA) is 23.6 Å². The Hall–Kier alpha value is -0.0600. The van der Waals surface area contributed by atoms with Gasteiger partial charge in [-0.2, -0.15) is 11.8 Å². The molecule has 1 atom stereocenters. The molecule has 4 heteroatoms. The molecule has 0 aromatic heterocycles. The lowest BCUT2D eigenvalue weighted by molar-refractivity contribution is -0.122. The van der Waals surface area contributed by atoms with Crippen LogP contribution in [0.4, 0.5) is 0 Å². The fraction of sp³-hybridized carbons (Fsp3) is 0.917. The highest BCUT2D eigenvalue weighted by Crippen LogP contribution is 2.14. The maximum atomic E-state index is 11.3. The number of nitrogens with zero attached hydrogens (tertiary/aromatic N) is 2. The van der Waals surface area contributed by atoms with Gasteiger partial charge in [-0.3, -0.25) is 9.69 Å². The second-order valence-electron chi connectivity index (χ2n) is 4.83. The van der Waals surface area contributed by atoms with Crippen LogP contribution in [0.5, 0.6) is 0 Å². The Kier molecular flexibility index (Phi) is 4.67. The lowest BCUT2D eigenvalue weighted by Gasteiger charge is -2.35. The summed E-state index contributed by atoms with van der Waals surface area (Å²) in [5.74, 6) is 3.01. The average Bonchev–Trinajstić information content (AvgIpc) is 2.29. The van der Waals surface area contributed by atoms with Gasteiger partial charge in [0.2, 0.25) is 0 Å². The third-order valence-corrected chi connectivity index (χ3v) is 4.57. The summed E-state index contributed by atoms with van der Waals surface area (Å²) in [5, 5.41) is 0. The smallest absolute Gasteiger partial charge is 0.135 e. The fourth-order valence-corrected chi connectivity index (χ4v) is 3.45. The quantitative estimate of drug-likeness (QED) is 0.739. The largest absolute Gasteiger partial charge is 0.300 e. The van der Waals surface area contributed by atoms with Gasteiger partial charge >= 0.3 is 0 Å². The summed E-state index contributed by atoms with van der Waals surface area (Å²) in [7, 11) is 0. The molecule has 2 heterocycles. The molecule has 2 aliphatic heterocycles. The van der Waals surface area contributed by atoms with E-state index in [1.54, 1.807) is 0 Å². The van der Waals surface area contributed by atoms with E-state index in [2.05, 4.69) is 28.5 Å². The van der Waals surface area contributed by atoms with Gasteiger partial charge in [0, 0.05) is 63.1 Å². The van der Waals surface area contributed by atoms with Crippen molar-refractivity contribution in [2.75, 3.05) is 44.2 Å². The molecular weight excluding hydrogens is 220 g/mol. The van der Waals surface area contributed by atoms with Gasteiger partial charge in [0.1, 0.15) is 5.78 Å². The molecule has 0 aromatic carbocycles. The van der Waals surface area contributed by atoms with E-state index in [4.69, 9.17) is 0 Å². The number of hydrogen-bond acceptors (Lipinski definition) is 4. The Balaban J connectivity index is 1.70. The highest BCUT2D eigenvalue weighted by Gasteiger charge is 2.23. The number of ketones is 1. The van der Waals surface area contributed by atoms with Crippen LogP contribution in [0.25, 0.3) is 0 Å². The SMILES string of the molecule is CC1CC(=O)CCN1CCN1CCSCC1. The molecule has 0 N–H and O–H groups in total. The van der Waals surface area contributed by atoms with Crippen LogP contribution in [-0.4, -0.2) is 65.9 Å². The standard InChI is InChI=1S/C12H22N2OS/c1-11-10-12(15)2-3-14(11)5-4-13-6-8-16-9-7-13/h11H,2-10H2,1H3. The van der Waals surface area contributed by atoms with Crippen molar-refractivity contribution in [3.63, 3.8) is 0 Å². The number of carbonyl (C=O) groups is 1. The van der Waals surface area contributed by atoms with Crippen LogP contribution in [0.1, 0.15) is 19.8 Å². The van der Waals surface area contributed by atoms with Crippen LogP contribution in [0.15, 0.2) is 0 Å². The number of hydrogen-bond donors (Lipinski definition) is 0. The lowest BCUT2D eigenvalue weighted by atomic mass is 10.0. The normalized spacial score (nSPS) is 29.6. The van der Waals surface area contributed by atoms with Gasteiger partial charge in [-0.1, -0.05) is 0 Å². The third-order valence-electron chi connectivity index (χ3n) is 3.63. The lowest BCUT2D eigenvalue weighted by Crippen LogP contribution is -2.46. The molecule has 2 saturated heterocycles. The molecule has 0 spiro atoms. The van der Waals surface area contributed by atoms with Crippen LogP contribution in [0, 0.1) is 0 Å². The van der Waals surface area contributed by atoms with Crippen molar-refractivity contribution in [1.29, 1.82) is 0 Å². The molecule has 3 nitrogen and oxygen atoms in total. The maximum Gasteiger partial charge on any atom is 0.135 e. The zero-order valence-electron chi connectivity index (χ0n) is 10.2. The zero-order valence-corrected chi connectivity index (χ0v) is 11.0. The molecule has 2 fully saturated rings. The van der Waals surface area contributed by atoms with Gasteiger partial charge in [-0.15, -0.1) is 0 Å². The molecule has 0 bridgehead atoms. The minimum absolute atomic E-state index is 0.443. The number of piperidine rings is 1. The summed E-state index contributed by atoms with van der Waals surface area (Å²) in [6, 6.07) is 0.459. The Morgan fingerprint density at radius 1 is 1.25 bits per heavy atom. The minimum atomic E-state index is 0.443. The first-order valence-electron chi connectivity index (χ1n) is 6.31. The van der Waals surface area contributed by atoms with Gasteiger partial charge in [-0.25, -0.2) is 0 Å². The van der Waals surface area contributed by atoms with E-state index in [9.17, 15) is 4.79 Å². The van der Waals surface area contributed by atoms with E-state index in [-0.39, 0.29) is 0 Å². The molecule has 1 unspecified atom stereocenters. The van der Waals surface area contributed by atoms with Crippen molar-refractivity contribution in [2.45, 2.75) is 25.8 Å². The van der Waals surface area contributed by atoms with Crippen LogP contribution in [-0.2, 0) is 4.79 Å². The van der Waals surface area contributed by atoms with E-state index in [0.29, 0.717) is 11.8 Å². The number of rotatable bonds is 3. The Labute approximate surface area is 103 Å². The molecular formula is C12H22N2OS. The first-order chi connectivity index (χ1) is 7.75. The second kappa shape index (κ2) is 6.03. The van der Waals surface area contributed by atoms with E-state index in [1.807, 2.05) is 0 Å². The summed E-state index contributed by atoms with van der Waals surface area (Å²) in [6.07, 6.45) is 1.52. The summed E-state index contributed by atoms with van der Waals surface area (Å²) in [5.41, 5.74) is 0. The Bertz CT molecular complexity index is 241. The number of carbonyl (C=O) groups excluding carboxylic acids is 1. The molecule has 2 rings (SSSR count). The van der Waals surface area contributed by atoms with Crippen LogP contribution < -0.4 is 0 Å². The van der Waals surface area contributed by atoms with Crippen molar-refractivity contribution in [3.8, 4) is 0 Å². The highest BCUT2D eigenvalue weighted by molar-refractivity contribution is 7.99. The molecule has 0 amide bonds. The van der Waals surface area contributed by atoms with Gasteiger partial charge in [0.25, 0.3) is 0 Å². The van der Waals surface area contributed by atoms with E-state index < -0.39 is 0 Å². The average molecular weight is 242 g/mol. The van der Waals surface area contributed by atoms with Crippen molar-refractivity contribution in [1.82, 2.24) is 9.80 Å². The minimum Gasteiger partial charge on any atom is -0.300 e. The van der Waals surface area contributed by atoms with E-state index >= 15 is 0 Å². The van der Waals surface area contributed by atoms with E-state index in [0.717, 1.165) is 25.9 Å². The molecule has 0 saturated carbocycles. The summed E-state index contributed by atoms with van der Waals surface area (Å²) in [4.78, 5) is 16.3. The third kappa shape index (κ3) is 3.47. The van der Waals surface area contributed by atoms with Gasteiger partial charge in [-0.05, 0) is 6.92 Å². The van der Waals surface area contributed by atoms with Gasteiger partial charge in [0.15, 0.2) is 0 Å². The van der Waals surface area contributed by atoms with Crippen molar-refractivity contribution >= 4 is 17.5 Å². The van der Waals surface area contributed by atoms with Crippen molar-refractivity contribution in [3.05, 3.63) is 0 Å². The van der Waals surface area contributed by atoms with Crippen molar-refractivity contribution in [2.24, 2.45) is 0 Å². The predicted molar refractivity (Wildman–Crippen MR) is 69.0 cm³/mol. The number of likely N-dealkylation sites (tertiary alicyclic amines) is 1. The molecule has 2 aliphatic rings. The van der Waals surface area contributed by atoms with E-state index in [1.165, 1.54) is 31.1 Å². The summed E-state index contributed by atoms with van der Waals surface area (Å²) < 4.78 is 0. The zero-order chi connectivity index (χ0) is 11.4. The van der Waals surface area contributed by atoms with Gasteiger partial charge in [0.05, 0.1) is 0 Å². The van der Waals surface area contributed by atoms with Crippen LogP contribution in [0.3, 0.4) is 0 Å². The van der Waals surface area contributed by atoms with Gasteiger partial charge < -0.3 is 4.90 Å². The highest BCUT2D eigenvalue weighted by atomic mass is 32.2. The van der Waals surface area contributed by atoms with Crippen LogP contribution in [0.2, 0.25) is 0 Å². The predicted octanol–water partition coefficient (Wildman–Crippen LogP) is 1.09. The Morgan fingerprint density at radius 2 is 2.00 bits per heavy atom. The fourth-order valence-electron chi connectivity index (χ4n) is 2.48. The van der Waals surface area contributed by atoms with Crippen molar-refractivity contribution < 1.29 is 4.79 Å². The second-order valence-corrected chi connectivity index (χ2v) is 6.06. The van der Waals surface area contributed by atoms with Crippen LogP contribution >= 0.6 is 11.8 Å². The summed E-state index contributed by atoms with van der Waals surface area (Å²) >= 11 is 2.06. The number of Topliss-reactive ketones (excluding diaryl/α,β-unsaturated/α-hetero) is 1. The molecule has 16 heavy (non-hydrogen) atoms. The monoisotopic (exact) mass is 242 g/mol. The Morgan fingerprint density at radius 3 is 2.69 bits per heavy atom. The first kappa shape index (κ1) is 12.4. The molecule has 92 valence electrons. The molecule has 0 aliphatic carbocycles. The first-order valence-corrected chi connectivity index (χ1v) is 7.47. The number of thioether (sulfide) groups is 1. The molecule has 0 aromatic rings.